The summed E-state index contributed by atoms with van der Waals surface area (Å²) in [4.78, 5) is 1.49. The van der Waals surface area contributed by atoms with Gasteiger partial charge in [0.2, 0.25) is 0 Å². The highest BCUT2D eigenvalue weighted by molar-refractivity contribution is 7.80. The molecule has 1 heterocycles. The highest BCUT2D eigenvalue weighted by Gasteiger charge is 2.22. The molecule has 2 aromatic carbocycles. The molecule has 0 amide bonds. The van der Waals surface area contributed by atoms with Gasteiger partial charge in [-0.15, -0.1) is 0 Å². The summed E-state index contributed by atoms with van der Waals surface area (Å²) in [7, 11) is 0. The van der Waals surface area contributed by atoms with Gasteiger partial charge in [-0.2, -0.15) is 0 Å². The number of rotatable bonds is 5. The second-order valence-corrected chi connectivity index (χ2v) is 7.00. The van der Waals surface area contributed by atoms with Crippen LogP contribution >= 0.6 is 12.2 Å². The van der Waals surface area contributed by atoms with Gasteiger partial charge in [0.05, 0.1) is 13.2 Å². The molecule has 0 spiro atoms. The summed E-state index contributed by atoms with van der Waals surface area (Å²) < 4.78 is 19.2. The van der Waals surface area contributed by atoms with Gasteiger partial charge >= 0.3 is 0 Å². The topological polar surface area (TPSA) is 37.7 Å². The largest absolute Gasteiger partial charge is 0.370 e. The normalized spacial score (nSPS) is 16.1. The van der Waals surface area contributed by atoms with Crippen molar-refractivity contribution in [1.29, 1.82) is 0 Å². The van der Waals surface area contributed by atoms with Crippen LogP contribution < -0.4 is 15.5 Å². The van der Waals surface area contributed by atoms with Crippen LogP contribution in [0.25, 0.3) is 0 Å². The lowest BCUT2D eigenvalue weighted by atomic mass is 10.1. The van der Waals surface area contributed by atoms with E-state index in [1.54, 1.807) is 13.0 Å². The Balaban J connectivity index is 1.67. The van der Waals surface area contributed by atoms with Gasteiger partial charge in [-0.3, -0.25) is 0 Å². The van der Waals surface area contributed by atoms with Crippen LogP contribution in [0, 0.1) is 12.7 Å². The molecule has 1 aliphatic rings. The zero-order valence-corrected chi connectivity index (χ0v) is 15.7. The molecule has 3 rings (SSSR count). The number of halogens is 1. The fourth-order valence-electron chi connectivity index (χ4n) is 3.09. The summed E-state index contributed by atoms with van der Waals surface area (Å²) in [5, 5.41) is 6.99. The average Bonchev–Trinajstić information content (AvgIpc) is 2.66. The van der Waals surface area contributed by atoms with Crippen molar-refractivity contribution in [3.05, 3.63) is 65.5 Å². The number of hydrogen-bond acceptors (Lipinski definition) is 2. The minimum absolute atomic E-state index is 0.0830. The van der Waals surface area contributed by atoms with Gasteiger partial charge in [0, 0.05) is 5.69 Å². The molecule has 0 saturated carbocycles. The van der Waals surface area contributed by atoms with E-state index in [1.807, 2.05) is 24.3 Å². The van der Waals surface area contributed by atoms with E-state index < -0.39 is 0 Å². The number of ether oxygens (including phenoxy) is 1. The predicted molar refractivity (Wildman–Crippen MR) is 106 cm³/mol. The van der Waals surface area contributed by atoms with Crippen LogP contribution in [-0.4, -0.2) is 38.0 Å². The summed E-state index contributed by atoms with van der Waals surface area (Å²) in [5.74, 6) is -0.241. The number of thiocarbonyl (C=S) groups is 1. The Hall–Kier alpha value is -2.02. The van der Waals surface area contributed by atoms with Gasteiger partial charge in [-0.1, -0.05) is 36.4 Å². The third-order valence-electron chi connectivity index (χ3n) is 4.63. The van der Waals surface area contributed by atoms with E-state index in [1.165, 1.54) is 16.5 Å². The Labute approximate surface area is 159 Å². The molecule has 0 unspecified atom stereocenters. The van der Waals surface area contributed by atoms with Crippen LogP contribution in [0.1, 0.15) is 17.2 Å². The molecule has 138 valence electrons. The van der Waals surface area contributed by atoms with Gasteiger partial charge in [0.1, 0.15) is 31.5 Å². The molecule has 0 bridgehead atoms. The summed E-state index contributed by atoms with van der Waals surface area (Å²) >= 11 is 5.48. The van der Waals surface area contributed by atoms with E-state index in [0.717, 1.165) is 32.8 Å². The molecule has 0 radical (unpaired) electrons. The van der Waals surface area contributed by atoms with Crippen molar-refractivity contribution in [2.75, 3.05) is 38.2 Å². The van der Waals surface area contributed by atoms with Crippen LogP contribution in [0.2, 0.25) is 0 Å². The molecule has 4 nitrogen and oxygen atoms in total. The average molecular weight is 375 g/mol. The van der Waals surface area contributed by atoms with Crippen molar-refractivity contribution < 1.29 is 14.0 Å². The molecule has 1 atom stereocenters. The van der Waals surface area contributed by atoms with E-state index in [4.69, 9.17) is 17.0 Å². The van der Waals surface area contributed by atoms with Crippen LogP contribution in [0.5, 0.6) is 0 Å². The molecule has 3 N–H and O–H groups in total. The van der Waals surface area contributed by atoms with Crippen molar-refractivity contribution in [2.45, 2.75) is 13.0 Å². The molecule has 2 aromatic rings. The molecular formula is C20H25FN3OS+. The van der Waals surface area contributed by atoms with E-state index in [0.29, 0.717) is 16.4 Å². The number of nitrogens with one attached hydrogen (secondary N) is 3. The van der Waals surface area contributed by atoms with Gasteiger partial charge < -0.3 is 20.3 Å². The standard InChI is InChI=1S/C20H24FN3OS/c1-15-7-8-17(13-18(15)21)22-20(26)23-19(16-5-3-2-4-6-16)14-24-9-11-25-12-10-24/h2-8,13,19H,9-12,14H2,1H3,(H2,22,23,26)/p+1/t19-/m1/s1. The first kappa shape index (κ1) is 18.8. The van der Waals surface area contributed by atoms with Crippen molar-refractivity contribution in [1.82, 2.24) is 5.32 Å². The Bertz CT molecular complexity index is 735. The van der Waals surface area contributed by atoms with Crippen molar-refractivity contribution in [2.24, 2.45) is 0 Å². The van der Waals surface area contributed by atoms with E-state index >= 15 is 0 Å². The van der Waals surface area contributed by atoms with Crippen molar-refractivity contribution >= 4 is 23.0 Å². The molecule has 1 fully saturated rings. The highest BCUT2D eigenvalue weighted by Crippen LogP contribution is 2.15. The van der Waals surface area contributed by atoms with Crippen LogP contribution in [0.15, 0.2) is 48.5 Å². The third kappa shape index (κ3) is 5.24. The first-order chi connectivity index (χ1) is 12.6. The minimum Gasteiger partial charge on any atom is -0.370 e. The Morgan fingerprint density at radius 3 is 2.62 bits per heavy atom. The Kier molecular flexibility index (Phi) is 6.55. The fraction of sp³-hybridized carbons (Fsp3) is 0.350. The van der Waals surface area contributed by atoms with E-state index in [-0.39, 0.29) is 11.9 Å². The number of anilines is 1. The monoisotopic (exact) mass is 374 g/mol. The smallest absolute Gasteiger partial charge is 0.171 e. The predicted octanol–water partition coefficient (Wildman–Crippen LogP) is 2.08. The van der Waals surface area contributed by atoms with Crippen LogP contribution in [-0.2, 0) is 4.74 Å². The molecule has 0 aromatic heterocycles. The maximum Gasteiger partial charge on any atom is 0.171 e. The molecule has 6 heteroatoms. The summed E-state index contributed by atoms with van der Waals surface area (Å²) in [6, 6.07) is 15.4. The fourth-order valence-corrected chi connectivity index (χ4v) is 3.35. The third-order valence-corrected chi connectivity index (χ3v) is 4.85. The van der Waals surface area contributed by atoms with Crippen molar-refractivity contribution in [3.8, 4) is 0 Å². The number of aryl methyl sites for hydroxylation is 1. The minimum atomic E-state index is -0.241. The van der Waals surface area contributed by atoms with Gasteiger partial charge in [0.25, 0.3) is 0 Å². The highest BCUT2D eigenvalue weighted by atomic mass is 32.1. The van der Waals surface area contributed by atoms with Crippen molar-refractivity contribution in [3.63, 3.8) is 0 Å². The SMILES string of the molecule is Cc1ccc(NC(=S)N[C@H](C[NH+]2CCOCC2)c2ccccc2)cc1F. The van der Waals surface area contributed by atoms with Crippen LogP contribution in [0.3, 0.4) is 0 Å². The number of benzene rings is 2. The molecule has 0 aliphatic carbocycles. The van der Waals surface area contributed by atoms with Crippen LogP contribution in [0.4, 0.5) is 10.1 Å². The molecule has 1 aliphatic heterocycles. The number of quaternary nitrogens is 1. The summed E-state index contributed by atoms with van der Waals surface area (Å²) in [6.45, 7) is 6.23. The van der Waals surface area contributed by atoms with E-state index in [2.05, 4.69) is 22.8 Å². The van der Waals surface area contributed by atoms with E-state index in [9.17, 15) is 4.39 Å². The first-order valence-electron chi connectivity index (χ1n) is 8.92. The number of hydrogen-bond donors (Lipinski definition) is 3. The zero-order chi connectivity index (χ0) is 18.4. The maximum absolute atomic E-state index is 13.7. The first-order valence-corrected chi connectivity index (χ1v) is 9.32. The molecule has 26 heavy (non-hydrogen) atoms. The second-order valence-electron chi connectivity index (χ2n) is 6.59. The van der Waals surface area contributed by atoms with Gasteiger partial charge in [-0.05, 0) is 42.4 Å². The lowest BCUT2D eigenvalue weighted by Gasteiger charge is -2.29. The molecule has 1 saturated heterocycles. The Morgan fingerprint density at radius 2 is 1.92 bits per heavy atom. The maximum atomic E-state index is 13.7. The summed E-state index contributed by atoms with van der Waals surface area (Å²) in [6.07, 6.45) is 0. The lowest BCUT2D eigenvalue weighted by molar-refractivity contribution is -0.909. The zero-order valence-electron chi connectivity index (χ0n) is 14.9. The quantitative estimate of drug-likeness (QED) is 0.701. The second kappa shape index (κ2) is 9.07. The molecular weight excluding hydrogens is 349 g/mol. The van der Waals surface area contributed by atoms with Gasteiger partial charge in [0.15, 0.2) is 5.11 Å². The Morgan fingerprint density at radius 1 is 1.19 bits per heavy atom. The van der Waals surface area contributed by atoms with Gasteiger partial charge in [-0.25, -0.2) is 4.39 Å². The lowest BCUT2D eigenvalue weighted by Crippen LogP contribution is -3.14. The summed E-state index contributed by atoms with van der Waals surface area (Å²) in [5.41, 5.74) is 2.45. The number of morpholine rings is 1.